The van der Waals surface area contributed by atoms with E-state index in [1.807, 2.05) is 0 Å². The van der Waals surface area contributed by atoms with Crippen LogP contribution in [-0.2, 0) is 9.59 Å². The summed E-state index contributed by atoms with van der Waals surface area (Å²) < 4.78 is 5.81. The standard InChI is InChI=1S/C8H9N3O4/c9-5-1-2-6(12)14-8-10-3-4-11(8)15-7(5)13/h3-5H,1-2,9H2/t5-/m1/s1. The van der Waals surface area contributed by atoms with E-state index >= 15 is 0 Å². The first kappa shape index (κ1) is 9.66. The number of fused-ring (bicyclic) bond motifs is 1. The maximum atomic E-state index is 11.3. The minimum atomic E-state index is -0.828. The summed E-state index contributed by atoms with van der Waals surface area (Å²) in [5.41, 5.74) is 5.49. The molecule has 0 saturated carbocycles. The summed E-state index contributed by atoms with van der Waals surface area (Å²) in [5.74, 6) is -1.11. The molecule has 0 saturated heterocycles. The molecule has 0 radical (unpaired) electrons. The minimum Gasteiger partial charge on any atom is -0.390 e. The Labute approximate surface area is 84.7 Å². The van der Waals surface area contributed by atoms with E-state index in [1.165, 1.54) is 12.4 Å². The molecular formula is C8H9N3O4. The fourth-order valence-electron chi connectivity index (χ4n) is 1.13. The summed E-state index contributed by atoms with van der Waals surface area (Å²) in [6, 6.07) is -0.895. The molecule has 0 aliphatic carbocycles. The first-order valence-electron chi connectivity index (χ1n) is 4.38. The lowest BCUT2D eigenvalue weighted by atomic mass is 10.2. The number of carbonyl (C=O) groups excluding carboxylic acids is 2. The number of nitrogens with zero attached hydrogens (tertiary/aromatic N) is 2. The van der Waals surface area contributed by atoms with Gasteiger partial charge in [0, 0.05) is 6.42 Å². The van der Waals surface area contributed by atoms with E-state index in [9.17, 15) is 9.59 Å². The van der Waals surface area contributed by atoms with Crippen LogP contribution in [0.3, 0.4) is 0 Å². The molecule has 15 heavy (non-hydrogen) atoms. The van der Waals surface area contributed by atoms with Crippen molar-refractivity contribution in [3.8, 4) is 6.01 Å². The van der Waals surface area contributed by atoms with E-state index in [-0.39, 0.29) is 18.9 Å². The van der Waals surface area contributed by atoms with Crippen LogP contribution in [0, 0.1) is 0 Å². The zero-order chi connectivity index (χ0) is 10.8. The van der Waals surface area contributed by atoms with Crippen LogP contribution < -0.4 is 15.3 Å². The van der Waals surface area contributed by atoms with Crippen molar-refractivity contribution < 1.29 is 19.2 Å². The topological polar surface area (TPSA) is 96.4 Å². The lowest BCUT2D eigenvalue weighted by molar-refractivity contribution is -0.146. The molecular weight excluding hydrogens is 202 g/mol. The molecule has 0 fully saturated rings. The molecule has 2 N–H and O–H groups in total. The quantitative estimate of drug-likeness (QED) is 0.545. The van der Waals surface area contributed by atoms with E-state index < -0.39 is 18.0 Å². The molecule has 1 atom stereocenters. The Balaban J connectivity index is 2.29. The monoisotopic (exact) mass is 211 g/mol. The van der Waals surface area contributed by atoms with Gasteiger partial charge in [0.1, 0.15) is 6.04 Å². The lowest BCUT2D eigenvalue weighted by Crippen LogP contribution is -2.37. The highest BCUT2D eigenvalue weighted by atomic mass is 16.7. The molecule has 0 unspecified atom stereocenters. The number of hydrogen-bond acceptors (Lipinski definition) is 6. The number of imidazole rings is 1. The summed E-state index contributed by atoms with van der Waals surface area (Å²) in [7, 11) is 0. The second-order valence-corrected chi connectivity index (χ2v) is 3.07. The second-order valence-electron chi connectivity index (χ2n) is 3.07. The molecule has 1 aliphatic heterocycles. The Kier molecular flexibility index (Phi) is 2.38. The largest absolute Gasteiger partial charge is 0.390 e. The number of hydrogen-bond donors (Lipinski definition) is 1. The van der Waals surface area contributed by atoms with Gasteiger partial charge in [-0.05, 0) is 6.42 Å². The average Bonchev–Trinajstić information content (AvgIpc) is 2.61. The van der Waals surface area contributed by atoms with E-state index in [0.29, 0.717) is 0 Å². The van der Waals surface area contributed by atoms with Gasteiger partial charge in [-0.25, -0.2) is 9.78 Å². The summed E-state index contributed by atoms with van der Waals surface area (Å²) in [4.78, 5) is 31.1. The molecule has 0 aromatic carbocycles. The Morgan fingerprint density at radius 3 is 3.13 bits per heavy atom. The van der Waals surface area contributed by atoms with Gasteiger partial charge in [-0.15, -0.1) is 4.73 Å². The van der Waals surface area contributed by atoms with Gasteiger partial charge in [0.2, 0.25) is 0 Å². The van der Waals surface area contributed by atoms with Crippen LogP contribution >= 0.6 is 0 Å². The maximum Gasteiger partial charge on any atom is 0.349 e. The van der Waals surface area contributed by atoms with Crippen molar-refractivity contribution in [3.05, 3.63) is 12.4 Å². The molecule has 1 aromatic heterocycles. The van der Waals surface area contributed by atoms with Gasteiger partial charge in [-0.3, -0.25) is 4.79 Å². The van der Waals surface area contributed by atoms with Gasteiger partial charge in [-0.2, -0.15) is 0 Å². The fourth-order valence-corrected chi connectivity index (χ4v) is 1.13. The van der Waals surface area contributed by atoms with Crippen molar-refractivity contribution in [1.29, 1.82) is 0 Å². The van der Waals surface area contributed by atoms with Crippen LogP contribution in [-0.4, -0.2) is 27.7 Å². The van der Waals surface area contributed by atoms with Crippen LogP contribution in [0.4, 0.5) is 0 Å². The summed E-state index contributed by atoms with van der Waals surface area (Å²) in [6.07, 6.45) is 2.97. The molecule has 7 nitrogen and oxygen atoms in total. The molecule has 2 heterocycles. The Bertz CT molecular complexity index is 400. The van der Waals surface area contributed by atoms with Crippen molar-refractivity contribution >= 4 is 11.9 Å². The molecule has 2 rings (SSSR count). The maximum absolute atomic E-state index is 11.3. The van der Waals surface area contributed by atoms with Gasteiger partial charge in [-0.1, -0.05) is 0 Å². The number of aromatic nitrogens is 2. The number of esters is 1. The third-order valence-corrected chi connectivity index (χ3v) is 1.93. The van der Waals surface area contributed by atoms with E-state index in [0.717, 1.165) is 4.73 Å². The number of rotatable bonds is 0. The molecule has 80 valence electrons. The number of carbonyl (C=O) groups is 2. The molecule has 1 aromatic rings. The van der Waals surface area contributed by atoms with Crippen LogP contribution in [0.5, 0.6) is 6.01 Å². The average molecular weight is 211 g/mol. The summed E-state index contributed by atoms with van der Waals surface area (Å²) in [5, 5.41) is 0. The van der Waals surface area contributed by atoms with E-state index in [1.54, 1.807) is 0 Å². The Morgan fingerprint density at radius 2 is 2.33 bits per heavy atom. The van der Waals surface area contributed by atoms with Crippen LogP contribution in [0.1, 0.15) is 12.8 Å². The van der Waals surface area contributed by atoms with Gasteiger partial charge in [0.25, 0.3) is 0 Å². The smallest absolute Gasteiger partial charge is 0.349 e. The predicted octanol–water partition coefficient (Wildman–Crippen LogP) is -1.14. The van der Waals surface area contributed by atoms with Crippen molar-refractivity contribution in [2.45, 2.75) is 18.9 Å². The highest BCUT2D eigenvalue weighted by Crippen LogP contribution is 2.10. The highest BCUT2D eigenvalue weighted by Gasteiger charge is 2.23. The minimum absolute atomic E-state index is 0.0587. The summed E-state index contributed by atoms with van der Waals surface area (Å²) in [6.45, 7) is 0. The zero-order valence-corrected chi connectivity index (χ0v) is 7.75. The van der Waals surface area contributed by atoms with Crippen molar-refractivity contribution in [2.75, 3.05) is 0 Å². The lowest BCUT2D eigenvalue weighted by Gasteiger charge is -2.07. The van der Waals surface area contributed by atoms with Crippen molar-refractivity contribution in [1.82, 2.24) is 9.71 Å². The number of nitrogens with two attached hydrogens (primary N) is 1. The zero-order valence-electron chi connectivity index (χ0n) is 7.75. The van der Waals surface area contributed by atoms with Gasteiger partial charge < -0.3 is 15.3 Å². The predicted molar refractivity (Wildman–Crippen MR) is 46.7 cm³/mol. The first-order valence-corrected chi connectivity index (χ1v) is 4.38. The third kappa shape index (κ3) is 1.96. The van der Waals surface area contributed by atoms with Crippen LogP contribution in [0.2, 0.25) is 0 Å². The van der Waals surface area contributed by atoms with E-state index in [4.69, 9.17) is 15.3 Å². The molecule has 0 bridgehead atoms. The molecule has 0 amide bonds. The molecule has 7 heteroatoms. The van der Waals surface area contributed by atoms with Crippen LogP contribution in [0.15, 0.2) is 12.4 Å². The van der Waals surface area contributed by atoms with Gasteiger partial charge in [0.15, 0.2) is 0 Å². The summed E-state index contributed by atoms with van der Waals surface area (Å²) >= 11 is 0. The van der Waals surface area contributed by atoms with Crippen molar-refractivity contribution in [2.24, 2.45) is 5.73 Å². The molecule has 1 aliphatic rings. The Hall–Kier alpha value is -1.89. The Morgan fingerprint density at radius 1 is 1.53 bits per heavy atom. The number of ether oxygens (including phenoxy) is 1. The fraction of sp³-hybridized carbons (Fsp3) is 0.375. The van der Waals surface area contributed by atoms with Gasteiger partial charge in [0.05, 0.1) is 12.4 Å². The SMILES string of the molecule is N[C@@H]1CCC(=O)Oc2nccn2OC1=O. The van der Waals surface area contributed by atoms with Crippen LogP contribution in [0.25, 0.3) is 0 Å². The molecule has 0 spiro atoms. The van der Waals surface area contributed by atoms with Gasteiger partial charge >= 0.3 is 17.9 Å². The first-order chi connectivity index (χ1) is 7.16. The van der Waals surface area contributed by atoms with E-state index in [2.05, 4.69) is 4.98 Å². The third-order valence-electron chi connectivity index (χ3n) is 1.93. The van der Waals surface area contributed by atoms with Crippen molar-refractivity contribution in [3.63, 3.8) is 0 Å². The highest BCUT2D eigenvalue weighted by molar-refractivity contribution is 5.78. The second kappa shape index (κ2) is 3.70. The normalized spacial score (nSPS) is 21.8.